The minimum atomic E-state index is -0.00472. The number of hydrogen-bond donors (Lipinski definition) is 2. The van der Waals surface area contributed by atoms with Crippen LogP contribution in [0.25, 0.3) is 0 Å². The quantitative estimate of drug-likeness (QED) is 0.856. The smallest absolute Gasteiger partial charge is 0.321 e. The minimum absolute atomic E-state index is 0.00472. The first-order chi connectivity index (χ1) is 9.22. The molecule has 2 amide bonds. The van der Waals surface area contributed by atoms with Crippen LogP contribution in [0.1, 0.15) is 31.7 Å². The minimum Gasteiger partial charge on any atom is -0.326 e. The van der Waals surface area contributed by atoms with Crippen molar-refractivity contribution in [2.24, 2.45) is 11.7 Å². The van der Waals surface area contributed by atoms with Crippen LogP contribution in [0, 0.1) is 5.92 Å². The Bertz CT molecular complexity index is 412. The topological polar surface area (TPSA) is 58.4 Å². The normalized spacial score (nSPS) is 14.8. The van der Waals surface area contributed by atoms with Crippen molar-refractivity contribution in [2.45, 2.75) is 32.7 Å². The molecule has 4 nitrogen and oxygen atoms in total. The van der Waals surface area contributed by atoms with Crippen molar-refractivity contribution < 1.29 is 4.79 Å². The molecule has 0 bridgehead atoms. The summed E-state index contributed by atoms with van der Waals surface area (Å²) < 4.78 is 0. The van der Waals surface area contributed by atoms with Crippen LogP contribution in [0.2, 0.25) is 0 Å². The molecule has 0 spiro atoms. The second-order valence-electron chi connectivity index (χ2n) is 5.17. The number of hydrogen-bond acceptors (Lipinski definition) is 2. The van der Waals surface area contributed by atoms with Gasteiger partial charge in [0.15, 0.2) is 0 Å². The van der Waals surface area contributed by atoms with Crippen molar-refractivity contribution >= 4 is 11.7 Å². The molecule has 0 saturated heterocycles. The molecule has 2 rings (SSSR count). The largest absolute Gasteiger partial charge is 0.326 e. The van der Waals surface area contributed by atoms with Crippen molar-refractivity contribution in [3.05, 3.63) is 29.8 Å². The summed E-state index contributed by atoms with van der Waals surface area (Å²) in [6.07, 6.45) is 3.83. The number of nitrogens with one attached hydrogen (secondary N) is 1. The lowest BCUT2D eigenvalue weighted by Crippen LogP contribution is -2.39. The first kappa shape index (κ1) is 13.9. The highest BCUT2D eigenvalue weighted by Gasteiger charge is 2.22. The number of amides is 2. The van der Waals surface area contributed by atoms with E-state index in [2.05, 4.69) is 5.32 Å². The Kier molecular flexibility index (Phi) is 4.80. The zero-order valence-corrected chi connectivity index (χ0v) is 11.6. The van der Waals surface area contributed by atoms with Gasteiger partial charge in [-0.05, 0) is 43.4 Å². The Labute approximate surface area is 115 Å². The van der Waals surface area contributed by atoms with Crippen molar-refractivity contribution in [3.8, 4) is 0 Å². The molecule has 0 radical (unpaired) electrons. The van der Waals surface area contributed by atoms with Crippen LogP contribution in [0.4, 0.5) is 10.5 Å². The summed E-state index contributed by atoms with van der Waals surface area (Å²) in [4.78, 5) is 14.1. The fraction of sp³-hybridized carbons (Fsp3) is 0.533. The molecule has 0 unspecified atom stereocenters. The maximum Gasteiger partial charge on any atom is 0.321 e. The lowest BCUT2D eigenvalue weighted by Gasteiger charge is -2.31. The van der Waals surface area contributed by atoms with Crippen molar-refractivity contribution in [3.63, 3.8) is 0 Å². The summed E-state index contributed by atoms with van der Waals surface area (Å²) in [6.45, 7) is 4.18. The highest BCUT2D eigenvalue weighted by Crippen LogP contribution is 2.27. The average molecular weight is 261 g/mol. The standard InChI is InChI=1S/C15H23N3O/c1-2-18(11-13-4-3-5-13)15(19)17-14-8-6-12(10-16)7-9-14/h6-9,13H,2-5,10-11,16H2,1H3,(H,17,19). The molecule has 1 aromatic carbocycles. The highest BCUT2D eigenvalue weighted by molar-refractivity contribution is 5.89. The molecule has 1 aliphatic rings. The summed E-state index contributed by atoms with van der Waals surface area (Å²) in [5.74, 6) is 0.699. The Balaban J connectivity index is 1.89. The Hall–Kier alpha value is -1.55. The Morgan fingerprint density at radius 1 is 1.37 bits per heavy atom. The number of nitrogens with two attached hydrogens (primary N) is 1. The maximum atomic E-state index is 12.2. The molecule has 1 fully saturated rings. The van der Waals surface area contributed by atoms with Crippen LogP contribution in [0.15, 0.2) is 24.3 Å². The number of benzene rings is 1. The van der Waals surface area contributed by atoms with Crippen LogP contribution in [0.5, 0.6) is 0 Å². The van der Waals surface area contributed by atoms with Crippen LogP contribution in [-0.2, 0) is 6.54 Å². The third-order valence-electron chi connectivity index (χ3n) is 3.81. The molecule has 0 atom stereocenters. The summed E-state index contributed by atoms with van der Waals surface area (Å²) in [5, 5.41) is 2.94. The van der Waals surface area contributed by atoms with Gasteiger partial charge in [0.1, 0.15) is 0 Å². The Morgan fingerprint density at radius 3 is 2.53 bits per heavy atom. The van der Waals surface area contributed by atoms with E-state index in [9.17, 15) is 4.79 Å². The molecule has 1 aromatic rings. The molecule has 3 N–H and O–H groups in total. The van der Waals surface area contributed by atoms with Crippen LogP contribution < -0.4 is 11.1 Å². The molecular formula is C15H23N3O. The van der Waals surface area contributed by atoms with Gasteiger partial charge >= 0.3 is 6.03 Å². The predicted molar refractivity (Wildman–Crippen MR) is 77.9 cm³/mol. The average Bonchev–Trinajstić information content (AvgIpc) is 2.38. The summed E-state index contributed by atoms with van der Waals surface area (Å²) in [6, 6.07) is 7.68. The van der Waals surface area contributed by atoms with E-state index >= 15 is 0 Å². The van der Waals surface area contributed by atoms with Gasteiger partial charge in [0.05, 0.1) is 0 Å². The van der Waals surface area contributed by atoms with E-state index in [-0.39, 0.29) is 6.03 Å². The van der Waals surface area contributed by atoms with Crippen LogP contribution in [-0.4, -0.2) is 24.0 Å². The van der Waals surface area contributed by atoms with Gasteiger partial charge in [-0.1, -0.05) is 18.6 Å². The van der Waals surface area contributed by atoms with Crippen molar-refractivity contribution in [1.82, 2.24) is 4.90 Å². The molecule has 4 heteroatoms. The van der Waals surface area contributed by atoms with Crippen molar-refractivity contribution in [2.75, 3.05) is 18.4 Å². The first-order valence-electron chi connectivity index (χ1n) is 7.08. The number of carbonyl (C=O) groups excluding carboxylic acids is 1. The molecule has 19 heavy (non-hydrogen) atoms. The number of rotatable bonds is 5. The molecule has 104 valence electrons. The summed E-state index contributed by atoms with van der Waals surface area (Å²) >= 11 is 0. The predicted octanol–water partition coefficient (Wildman–Crippen LogP) is 2.80. The van der Waals surface area contributed by atoms with Gasteiger partial charge in [0.2, 0.25) is 0 Å². The third-order valence-corrected chi connectivity index (χ3v) is 3.81. The van der Waals surface area contributed by atoms with Gasteiger partial charge in [-0.2, -0.15) is 0 Å². The fourth-order valence-electron chi connectivity index (χ4n) is 2.27. The van der Waals surface area contributed by atoms with E-state index in [0.29, 0.717) is 12.5 Å². The molecule has 1 aliphatic carbocycles. The number of urea groups is 1. The number of anilines is 1. The van der Waals surface area contributed by atoms with Gasteiger partial charge in [-0.25, -0.2) is 4.79 Å². The van der Waals surface area contributed by atoms with Gasteiger partial charge in [-0.3, -0.25) is 0 Å². The van der Waals surface area contributed by atoms with E-state index in [1.165, 1.54) is 19.3 Å². The van der Waals surface area contributed by atoms with Gasteiger partial charge in [-0.15, -0.1) is 0 Å². The fourth-order valence-corrected chi connectivity index (χ4v) is 2.27. The van der Waals surface area contributed by atoms with Gasteiger partial charge in [0.25, 0.3) is 0 Å². The van der Waals surface area contributed by atoms with Gasteiger partial charge in [0, 0.05) is 25.3 Å². The first-order valence-corrected chi connectivity index (χ1v) is 7.08. The maximum absolute atomic E-state index is 12.2. The molecule has 0 aromatic heterocycles. The molecule has 0 heterocycles. The number of carbonyl (C=O) groups is 1. The van der Waals surface area contributed by atoms with E-state index in [1.54, 1.807) is 0 Å². The zero-order chi connectivity index (χ0) is 13.7. The SMILES string of the molecule is CCN(CC1CCC1)C(=O)Nc1ccc(CN)cc1. The van der Waals surface area contributed by atoms with Crippen molar-refractivity contribution in [1.29, 1.82) is 0 Å². The monoisotopic (exact) mass is 261 g/mol. The molecule has 1 saturated carbocycles. The molecule has 0 aliphatic heterocycles. The second kappa shape index (κ2) is 6.57. The van der Waals surface area contributed by atoms with E-state index in [1.807, 2.05) is 36.1 Å². The van der Waals surface area contributed by atoms with Crippen LogP contribution >= 0.6 is 0 Å². The van der Waals surface area contributed by atoms with Gasteiger partial charge < -0.3 is 16.0 Å². The lowest BCUT2D eigenvalue weighted by molar-refractivity contribution is 0.182. The lowest BCUT2D eigenvalue weighted by atomic mass is 9.85. The van der Waals surface area contributed by atoms with E-state index in [0.717, 1.165) is 24.3 Å². The van der Waals surface area contributed by atoms with Crippen LogP contribution in [0.3, 0.4) is 0 Å². The summed E-state index contributed by atoms with van der Waals surface area (Å²) in [5.41, 5.74) is 7.45. The Morgan fingerprint density at radius 2 is 2.05 bits per heavy atom. The third kappa shape index (κ3) is 3.70. The highest BCUT2D eigenvalue weighted by atomic mass is 16.2. The molecular weight excluding hydrogens is 238 g/mol. The second-order valence-corrected chi connectivity index (χ2v) is 5.17. The zero-order valence-electron chi connectivity index (χ0n) is 11.6. The number of nitrogens with zero attached hydrogens (tertiary/aromatic N) is 1. The summed E-state index contributed by atoms with van der Waals surface area (Å²) in [7, 11) is 0. The van der Waals surface area contributed by atoms with E-state index in [4.69, 9.17) is 5.73 Å². The van der Waals surface area contributed by atoms with E-state index < -0.39 is 0 Å².